The zero-order chi connectivity index (χ0) is 17.1. The van der Waals surface area contributed by atoms with Crippen molar-refractivity contribution in [2.45, 2.75) is 0 Å². The number of carbonyl (C=O) groups excluding carboxylic acids is 1. The van der Waals surface area contributed by atoms with Crippen LogP contribution in [0.25, 0.3) is 0 Å². The van der Waals surface area contributed by atoms with Crippen molar-refractivity contribution in [2.24, 2.45) is 0 Å². The Kier molecular flexibility index (Phi) is 3.92. The fraction of sp³-hybridized carbons (Fsp3) is 0.0526. The zero-order valence-corrected chi connectivity index (χ0v) is 13.2. The van der Waals surface area contributed by atoms with Crippen LogP contribution in [-0.2, 0) is 0 Å². The minimum absolute atomic E-state index is 0.190. The molecule has 1 aromatic heterocycles. The standard InChI is InChI=1S/C19H15N3O3/c23-19(13-2-1-9-20-11-13)22-15-5-3-14(4-6-15)21-16-7-8-17-18(10-16)25-12-24-17/h1-11,21H,12H2,(H,22,23). The van der Waals surface area contributed by atoms with Gasteiger partial charge in [-0.25, -0.2) is 0 Å². The van der Waals surface area contributed by atoms with E-state index in [4.69, 9.17) is 9.47 Å². The second-order valence-electron chi connectivity index (χ2n) is 5.47. The topological polar surface area (TPSA) is 72.5 Å². The van der Waals surface area contributed by atoms with E-state index in [2.05, 4.69) is 15.6 Å². The van der Waals surface area contributed by atoms with Gasteiger partial charge in [0.15, 0.2) is 11.5 Å². The van der Waals surface area contributed by atoms with Crippen LogP contribution >= 0.6 is 0 Å². The van der Waals surface area contributed by atoms with Crippen molar-refractivity contribution >= 4 is 23.0 Å². The maximum absolute atomic E-state index is 12.1. The lowest BCUT2D eigenvalue weighted by Gasteiger charge is -2.09. The maximum atomic E-state index is 12.1. The molecule has 0 spiro atoms. The minimum atomic E-state index is -0.190. The second-order valence-corrected chi connectivity index (χ2v) is 5.47. The molecule has 2 N–H and O–H groups in total. The van der Waals surface area contributed by atoms with Crippen LogP contribution in [0.4, 0.5) is 17.1 Å². The Morgan fingerprint density at radius 1 is 0.920 bits per heavy atom. The first-order valence-electron chi connectivity index (χ1n) is 7.76. The Labute approximate surface area is 144 Å². The van der Waals surface area contributed by atoms with Gasteiger partial charge in [-0.2, -0.15) is 0 Å². The molecule has 25 heavy (non-hydrogen) atoms. The lowest BCUT2D eigenvalue weighted by Crippen LogP contribution is -2.11. The largest absolute Gasteiger partial charge is 0.454 e. The molecule has 0 aliphatic carbocycles. The summed E-state index contributed by atoms with van der Waals surface area (Å²) in [4.78, 5) is 16.0. The highest BCUT2D eigenvalue weighted by molar-refractivity contribution is 6.04. The van der Waals surface area contributed by atoms with Crippen molar-refractivity contribution in [1.29, 1.82) is 0 Å². The molecule has 6 nitrogen and oxygen atoms in total. The monoisotopic (exact) mass is 333 g/mol. The number of hydrogen-bond acceptors (Lipinski definition) is 5. The van der Waals surface area contributed by atoms with E-state index in [0.29, 0.717) is 11.3 Å². The summed E-state index contributed by atoms with van der Waals surface area (Å²) in [5.74, 6) is 1.29. The van der Waals surface area contributed by atoms with E-state index < -0.39 is 0 Å². The van der Waals surface area contributed by atoms with Gasteiger partial charge in [-0.1, -0.05) is 0 Å². The number of hydrogen-bond donors (Lipinski definition) is 2. The molecule has 6 heteroatoms. The highest BCUT2D eigenvalue weighted by Gasteiger charge is 2.13. The first kappa shape index (κ1) is 15.0. The predicted molar refractivity (Wildman–Crippen MR) is 94.5 cm³/mol. The molecule has 4 rings (SSSR count). The summed E-state index contributed by atoms with van der Waals surface area (Å²) < 4.78 is 10.7. The quantitative estimate of drug-likeness (QED) is 0.760. The first-order valence-corrected chi connectivity index (χ1v) is 7.76. The maximum Gasteiger partial charge on any atom is 0.257 e. The Morgan fingerprint density at radius 3 is 2.48 bits per heavy atom. The van der Waals surface area contributed by atoms with Gasteiger partial charge in [-0.15, -0.1) is 0 Å². The SMILES string of the molecule is O=C(Nc1ccc(Nc2ccc3c(c2)OCO3)cc1)c1cccnc1. The van der Waals surface area contributed by atoms with Gasteiger partial charge < -0.3 is 20.1 Å². The summed E-state index contributed by atoms with van der Waals surface area (Å²) in [7, 11) is 0. The van der Waals surface area contributed by atoms with E-state index in [9.17, 15) is 4.79 Å². The van der Waals surface area contributed by atoms with Crippen LogP contribution in [0.1, 0.15) is 10.4 Å². The number of nitrogens with one attached hydrogen (secondary N) is 2. The number of ether oxygens (including phenoxy) is 2. The molecular formula is C19H15N3O3. The van der Waals surface area contributed by atoms with Gasteiger partial charge in [0.2, 0.25) is 6.79 Å². The van der Waals surface area contributed by atoms with Crippen LogP contribution in [0.2, 0.25) is 0 Å². The number of nitrogens with zero attached hydrogens (tertiary/aromatic N) is 1. The van der Waals surface area contributed by atoms with Gasteiger partial charge in [0.1, 0.15) is 0 Å². The van der Waals surface area contributed by atoms with E-state index in [0.717, 1.165) is 22.9 Å². The van der Waals surface area contributed by atoms with E-state index in [1.807, 2.05) is 42.5 Å². The molecule has 0 fully saturated rings. The van der Waals surface area contributed by atoms with Crippen LogP contribution in [0.5, 0.6) is 11.5 Å². The van der Waals surface area contributed by atoms with Crippen LogP contribution in [-0.4, -0.2) is 17.7 Å². The molecule has 0 bridgehead atoms. The molecule has 1 amide bonds. The van der Waals surface area contributed by atoms with E-state index >= 15 is 0 Å². The number of amides is 1. The first-order chi connectivity index (χ1) is 12.3. The van der Waals surface area contributed by atoms with E-state index in [-0.39, 0.29) is 12.7 Å². The van der Waals surface area contributed by atoms with Gasteiger partial charge >= 0.3 is 0 Å². The molecule has 0 saturated carbocycles. The van der Waals surface area contributed by atoms with Crippen molar-refractivity contribution in [3.8, 4) is 11.5 Å². The van der Waals surface area contributed by atoms with Gasteiger partial charge in [0, 0.05) is 35.5 Å². The molecule has 2 heterocycles. The zero-order valence-electron chi connectivity index (χ0n) is 13.2. The molecule has 2 aromatic carbocycles. The Balaban J connectivity index is 1.42. The van der Waals surface area contributed by atoms with Gasteiger partial charge in [-0.05, 0) is 48.5 Å². The van der Waals surface area contributed by atoms with E-state index in [1.165, 1.54) is 6.20 Å². The average molecular weight is 333 g/mol. The fourth-order valence-corrected chi connectivity index (χ4v) is 2.48. The summed E-state index contributed by atoms with van der Waals surface area (Å²) >= 11 is 0. The minimum Gasteiger partial charge on any atom is -0.454 e. The van der Waals surface area contributed by atoms with Crippen LogP contribution < -0.4 is 20.1 Å². The third-order valence-corrected chi connectivity index (χ3v) is 3.73. The number of anilines is 3. The normalized spacial score (nSPS) is 11.8. The molecule has 0 atom stereocenters. The highest BCUT2D eigenvalue weighted by Crippen LogP contribution is 2.35. The Hall–Kier alpha value is -3.54. The van der Waals surface area contributed by atoms with Crippen LogP contribution in [0.15, 0.2) is 67.0 Å². The van der Waals surface area contributed by atoms with Crippen molar-refractivity contribution in [3.05, 3.63) is 72.6 Å². The lowest BCUT2D eigenvalue weighted by molar-refractivity contribution is 0.102. The molecule has 0 radical (unpaired) electrons. The summed E-state index contributed by atoms with van der Waals surface area (Å²) in [6.45, 7) is 0.254. The van der Waals surface area contributed by atoms with Crippen molar-refractivity contribution in [2.75, 3.05) is 17.4 Å². The molecule has 3 aromatic rings. The smallest absolute Gasteiger partial charge is 0.257 e. The molecule has 124 valence electrons. The summed E-state index contributed by atoms with van der Waals surface area (Å²) in [6, 6.07) is 16.6. The van der Waals surface area contributed by atoms with E-state index in [1.54, 1.807) is 18.3 Å². The molecule has 0 saturated heterocycles. The number of aromatic nitrogens is 1. The van der Waals surface area contributed by atoms with Crippen LogP contribution in [0.3, 0.4) is 0 Å². The fourth-order valence-electron chi connectivity index (χ4n) is 2.48. The molecular weight excluding hydrogens is 318 g/mol. The van der Waals surface area contributed by atoms with Gasteiger partial charge in [-0.3, -0.25) is 9.78 Å². The number of benzene rings is 2. The summed E-state index contributed by atoms with van der Waals surface area (Å²) in [5, 5.41) is 6.13. The van der Waals surface area contributed by atoms with Crippen molar-refractivity contribution in [1.82, 2.24) is 4.98 Å². The van der Waals surface area contributed by atoms with Gasteiger partial charge in [0.05, 0.1) is 5.56 Å². The summed E-state index contributed by atoms with van der Waals surface area (Å²) in [6.07, 6.45) is 3.16. The second kappa shape index (κ2) is 6.52. The molecule has 0 unspecified atom stereocenters. The van der Waals surface area contributed by atoms with Crippen molar-refractivity contribution in [3.63, 3.8) is 0 Å². The predicted octanol–water partition coefficient (Wildman–Crippen LogP) is 3.81. The Bertz CT molecular complexity index is 896. The lowest BCUT2D eigenvalue weighted by atomic mass is 10.2. The third kappa shape index (κ3) is 3.37. The number of rotatable bonds is 4. The molecule has 1 aliphatic heterocycles. The van der Waals surface area contributed by atoms with Crippen molar-refractivity contribution < 1.29 is 14.3 Å². The third-order valence-electron chi connectivity index (χ3n) is 3.73. The van der Waals surface area contributed by atoms with Crippen LogP contribution in [0, 0.1) is 0 Å². The average Bonchev–Trinajstić information content (AvgIpc) is 3.12. The van der Waals surface area contributed by atoms with Gasteiger partial charge in [0.25, 0.3) is 5.91 Å². The Morgan fingerprint density at radius 2 is 1.68 bits per heavy atom. The molecule has 1 aliphatic rings. The highest BCUT2D eigenvalue weighted by atomic mass is 16.7. The number of carbonyl (C=O) groups is 1. The number of pyridine rings is 1. The summed E-state index contributed by atoms with van der Waals surface area (Å²) in [5.41, 5.74) is 3.03. The number of fused-ring (bicyclic) bond motifs is 1.